The van der Waals surface area contributed by atoms with Gasteiger partial charge in [-0.15, -0.1) is 0 Å². The second-order valence-corrected chi connectivity index (χ2v) is 12.0. The lowest BCUT2D eigenvalue weighted by atomic mass is 10.3. The maximum Gasteiger partial charge on any atom is 0.421 e. The van der Waals surface area contributed by atoms with E-state index < -0.39 is 28.4 Å². The highest BCUT2D eigenvalue weighted by atomic mass is 32.3. The molecule has 2 aliphatic heterocycles. The first kappa shape index (κ1) is 26.5. The van der Waals surface area contributed by atoms with E-state index in [-0.39, 0.29) is 29.8 Å². The fourth-order valence-electron chi connectivity index (χ4n) is 3.72. The zero-order valence-electron chi connectivity index (χ0n) is 19.5. The number of carbonyl (C=O) groups is 1. The number of hydrogen-bond donors (Lipinski definition) is 4. The number of carbonyl (C=O) groups excluding carboxylic acids is 1. The summed E-state index contributed by atoms with van der Waals surface area (Å²) in [7, 11) is -2.54. The summed E-state index contributed by atoms with van der Waals surface area (Å²) in [4.78, 5) is 28.3. The van der Waals surface area contributed by atoms with Crippen LogP contribution in [0.1, 0.15) is 23.3 Å². The average Bonchev–Trinajstić information content (AvgIpc) is 3.17. The van der Waals surface area contributed by atoms with Gasteiger partial charge in [0.1, 0.15) is 17.2 Å². The van der Waals surface area contributed by atoms with Crippen LogP contribution in [0.3, 0.4) is 0 Å². The molecule has 0 saturated carbocycles. The van der Waals surface area contributed by atoms with Crippen molar-refractivity contribution >= 4 is 50.7 Å². The van der Waals surface area contributed by atoms with Crippen molar-refractivity contribution in [2.75, 3.05) is 66.4 Å². The first-order valence-corrected chi connectivity index (χ1v) is 14.0. The van der Waals surface area contributed by atoms with Crippen LogP contribution in [0.2, 0.25) is 0 Å². The summed E-state index contributed by atoms with van der Waals surface area (Å²) < 4.78 is 65.2. The molecule has 2 aromatic heterocycles. The van der Waals surface area contributed by atoms with Gasteiger partial charge in [-0.1, -0.05) is 11.3 Å². The van der Waals surface area contributed by atoms with Gasteiger partial charge in [0, 0.05) is 43.8 Å². The summed E-state index contributed by atoms with van der Waals surface area (Å²) in [6, 6.07) is 0. The standard InChI is InChI=1S/C20H28F3N7O4S2/c1-13-15(28-18(35-13)29-7-10-36(32,33)11-8-29)26-17-25-12-14(20(21,22)23)16(27-17)24-4-2-5-30-6-3-9-34-19(30)31/h12,32-33H,2-11H2,1H3,(H2,24,25,26,27). The molecule has 200 valence electrons. The lowest BCUT2D eigenvalue weighted by Gasteiger charge is -2.40. The average molecular weight is 552 g/mol. The number of rotatable bonds is 8. The Morgan fingerprint density at radius 2 is 1.94 bits per heavy atom. The van der Waals surface area contributed by atoms with Crippen molar-refractivity contribution in [3.63, 3.8) is 0 Å². The van der Waals surface area contributed by atoms with E-state index in [1.165, 1.54) is 16.2 Å². The van der Waals surface area contributed by atoms with E-state index in [1.807, 2.05) is 11.8 Å². The van der Waals surface area contributed by atoms with E-state index in [1.54, 1.807) is 0 Å². The predicted octanol–water partition coefficient (Wildman–Crippen LogP) is 4.22. The van der Waals surface area contributed by atoms with Crippen LogP contribution in [-0.4, -0.2) is 85.9 Å². The molecule has 4 N–H and O–H groups in total. The van der Waals surface area contributed by atoms with Crippen LogP contribution in [0.25, 0.3) is 0 Å². The molecular weight excluding hydrogens is 523 g/mol. The van der Waals surface area contributed by atoms with Gasteiger partial charge in [0.2, 0.25) is 5.95 Å². The van der Waals surface area contributed by atoms with E-state index in [0.29, 0.717) is 50.2 Å². The SMILES string of the molecule is Cc1sc(N2CCS(O)(O)CC2)nc1Nc1ncc(C(F)(F)F)c(NCCCN2CCCOC2=O)n1. The molecule has 0 spiro atoms. The number of cyclic esters (lactones) is 1. The molecule has 4 heterocycles. The third kappa shape index (κ3) is 6.60. The lowest BCUT2D eigenvalue weighted by molar-refractivity contribution is -0.137. The molecule has 36 heavy (non-hydrogen) atoms. The zero-order valence-corrected chi connectivity index (χ0v) is 21.2. The van der Waals surface area contributed by atoms with Crippen LogP contribution in [0, 0.1) is 6.92 Å². The van der Waals surface area contributed by atoms with Gasteiger partial charge in [-0.2, -0.15) is 28.7 Å². The minimum Gasteiger partial charge on any atom is -0.449 e. The summed E-state index contributed by atoms with van der Waals surface area (Å²) in [6.45, 7) is 4.18. The van der Waals surface area contributed by atoms with E-state index in [9.17, 15) is 27.1 Å². The number of hydrogen-bond acceptors (Lipinski definition) is 11. The summed E-state index contributed by atoms with van der Waals surface area (Å²) in [5, 5.41) is 6.29. The van der Waals surface area contributed by atoms with Gasteiger partial charge in [0.15, 0.2) is 5.13 Å². The minimum atomic E-state index is -4.65. The second kappa shape index (κ2) is 10.8. The molecule has 0 radical (unpaired) electrons. The first-order chi connectivity index (χ1) is 17.0. The van der Waals surface area contributed by atoms with Gasteiger partial charge in [-0.05, 0) is 19.8 Å². The van der Waals surface area contributed by atoms with Crippen LogP contribution in [0.15, 0.2) is 6.20 Å². The minimum absolute atomic E-state index is 0.0436. The van der Waals surface area contributed by atoms with Crippen molar-refractivity contribution in [1.82, 2.24) is 19.9 Å². The predicted molar refractivity (Wildman–Crippen MR) is 133 cm³/mol. The fraction of sp³-hybridized carbons (Fsp3) is 0.600. The topological polar surface area (TPSA) is 136 Å². The first-order valence-electron chi connectivity index (χ1n) is 11.3. The molecule has 2 saturated heterocycles. The number of nitrogens with one attached hydrogen (secondary N) is 2. The Morgan fingerprint density at radius 1 is 1.19 bits per heavy atom. The highest BCUT2D eigenvalue weighted by Crippen LogP contribution is 2.42. The number of aryl methyl sites for hydroxylation is 1. The number of nitrogens with zero attached hydrogens (tertiary/aromatic N) is 5. The van der Waals surface area contributed by atoms with Crippen molar-refractivity contribution in [2.45, 2.75) is 25.9 Å². The largest absolute Gasteiger partial charge is 0.449 e. The Kier molecular flexibility index (Phi) is 7.96. The quantitative estimate of drug-likeness (QED) is 0.353. The van der Waals surface area contributed by atoms with Crippen LogP contribution >= 0.6 is 21.9 Å². The number of thiazole rings is 1. The number of amides is 1. The van der Waals surface area contributed by atoms with Crippen molar-refractivity contribution in [3.05, 3.63) is 16.6 Å². The van der Waals surface area contributed by atoms with E-state index >= 15 is 0 Å². The molecule has 16 heteroatoms. The van der Waals surface area contributed by atoms with Gasteiger partial charge in [0.25, 0.3) is 0 Å². The summed E-state index contributed by atoms with van der Waals surface area (Å²) in [5.74, 6) is 0.546. The maximum absolute atomic E-state index is 13.5. The molecule has 0 bridgehead atoms. The smallest absolute Gasteiger partial charge is 0.421 e. The third-order valence-corrected chi connectivity index (χ3v) is 8.41. The van der Waals surface area contributed by atoms with Gasteiger partial charge < -0.3 is 25.2 Å². The number of halogens is 3. The number of aromatic nitrogens is 3. The van der Waals surface area contributed by atoms with E-state index in [4.69, 9.17) is 4.74 Å². The maximum atomic E-state index is 13.5. The Bertz CT molecular complexity index is 1080. The van der Waals surface area contributed by atoms with Gasteiger partial charge in [-0.3, -0.25) is 9.11 Å². The Balaban J connectivity index is 1.42. The van der Waals surface area contributed by atoms with Gasteiger partial charge in [-0.25, -0.2) is 14.8 Å². The highest BCUT2D eigenvalue weighted by molar-refractivity contribution is 8.24. The molecule has 0 aliphatic carbocycles. The van der Waals surface area contributed by atoms with Crippen molar-refractivity contribution in [1.29, 1.82) is 0 Å². The van der Waals surface area contributed by atoms with Crippen LogP contribution in [0.5, 0.6) is 0 Å². The third-order valence-electron chi connectivity index (χ3n) is 5.71. The van der Waals surface area contributed by atoms with Gasteiger partial charge in [0.05, 0.1) is 18.1 Å². The molecule has 2 aliphatic rings. The fourth-order valence-corrected chi connectivity index (χ4v) is 5.86. The number of ether oxygens (including phenoxy) is 1. The van der Waals surface area contributed by atoms with Crippen LogP contribution in [-0.2, 0) is 10.9 Å². The monoisotopic (exact) mass is 551 g/mol. The molecule has 2 fully saturated rings. The molecule has 11 nitrogen and oxygen atoms in total. The summed E-state index contributed by atoms with van der Waals surface area (Å²) in [5.41, 5.74) is -0.992. The van der Waals surface area contributed by atoms with Crippen molar-refractivity contribution in [2.24, 2.45) is 0 Å². The highest BCUT2D eigenvalue weighted by Gasteiger charge is 2.35. The zero-order chi connectivity index (χ0) is 25.9. The molecular formula is C20H28F3N7O4S2. The van der Waals surface area contributed by atoms with Gasteiger partial charge >= 0.3 is 12.3 Å². The second-order valence-electron chi connectivity index (χ2n) is 8.41. The summed E-state index contributed by atoms with van der Waals surface area (Å²) in [6.07, 6.45) is -3.21. The molecule has 0 atom stereocenters. The number of anilines is 4. The number of alkyl halides is 3. The molecule has 0 aromatic carbocycles. The molecule has 2 aromatic rings. The van der Waals surface area contributed by atoms with E-state index in [0.717, 1.165) is 17.5 Å². The molecule has 0 unspecified atom stereocenters. The Hall–Kier alpha value is -2.56. The normalized spacial score (nSPS) is 19.1. The van der Waals surface area contributed by atoms with Crippen molar-refractivity contribution in [3.8, 4) is 0 Å². The lowest BCUT2D eigenvalue weighted by Crippen LogP contribution is -2.38. The molecule has 4 rings (SSSR count). The Labute approximate surface area is 211 Å². The van der Waals surface area contributed by atoms with Crippen LogP contribution in [0.4, 0.5) is 40.7 Å². The summed E-state index contributed by atoms with van der Waals surface area (Å²) >= 11 is 1.39. The van der Waals surface area contributed by atoms with E-state index in [2.05, 4.69) is 25.6 Å². The van der Waals surface area contributed by atoms with Crippen LogP contribution < -0.4 is 15.5 Å². The Morgan fingerprint density at radius 3 is 2.64 bits per heavy atom. The van der Waals surface area contributed by atoms with Crippen molar-refractivity contribution < 1.29 is 31.8 Å². The molecule has 1 amide bonds.